The summed E-state index contributed by atoms with van der Waals surface area (Å²) in [5, 5.41) is 0. The third-order valence-corrected chi connectivity index (χ3v) is 7.28. The number of methoxy groups -OCH3 is 1. The maximum absolute atomic E-state index is 12.3. The molecule has 3 unspecified atom stereocenters. The Kier molecular flexibility index (Phi) is 15.6. The van der Waals surface area contributed by atoms with E-state index >= 15 is 0 Å². The van der Waals surface area contributed by atoms with E-state index in [1.807, 2.05) is 20.8 Å². The average molecular weight is 440 g/mol. The van der Waals surface area contributed by atoms with E-state index in [0.29, 0.717) is 38.8 Å². The molecule has 1 amide bonds. The van der Waals surface area contributed by atoms with Crippen molar-refractivity contribution in [3.05, 3.63) is 0 Å². The summed E-state index contributed by atoms with van der Waals surface area (Å²) < 4.78 is 38.3. The highest BCUT2D eigenvalue weighted by atomic mass is 28.4. The van der Waals surface area contributed by atoms with Gasteiger partial charge in [0, 0.05) is 47.6 Å². The van der Waals surface area contributed by atoms with E-state index in [9.17, 15) is 4.79 Å². The van der Waals surface area contributed by atoms with Gasteiger partial charge in [0.05, 0.1) is 25.4 Å². The molecule has 0 aliphatic heterocycles. The van der Waals surface area contributed by atoms with E-state index in [-0.39, 0.29) is 24.6 Å². The largest absolute Gasteiger partial charge is 0.500 e. The quantitative estimate of drug-likeness (QED) is 0.253. The third-order valence-electron chi connectivity index (χ3n) is 4.44. The van der Waals surface area contributed by atoms with Crippen molar-refractivity contribution in [2.45, 2.75) is 65.1 Å². The molecule has 0 fully saturated rings. The summed E-state index contributed by atoms with van der Waals surface area (Å²) in [6.45, 7) is 9.26. The zero-order chi connectivity index (χ0) is 22.3. The van der Waals surface area contributed by atoms with Gasteiger partial charge in [-0.3, -0.25) is 0 Å². The molecule has 174 valence electrons. The SMILES string of the molecule is CCOC(=O)N(CCC[Si](OC)(OC)OC)CC(C)OCC(C)OC(CC)OC. The Morgan fingerprint density at radius 2 is 1.62 bits per heavy atom. The molecular weight excluding hydrogens is 398 g/mol. The fourth-order valence-corrected chi connectivity index (χ4v) is 4.50. The van der Waals surface area contributed by atoms with Gasteiger partial charge < -0.3 is 37.1 Å². The van der Waals surface area contributed by atoms with Gasteiger partial charge in [-0.2, -0.15) is 0 Å². The number of hydrogen-bond acceptors (Lipinski definition) is 8. The van der Waals surface area contributed by atoms with Gasteiger partial charge in [0.15, 0.2) is 6.29 Å². The van der Waals surface area contributed by atoms with E-state index in [2.05, 4.69) is 0 Å². The zero-order valence-electron chi connectivity index (χ0n) is 19.4. The maximum Gasteiger partial charge on any atom is 0.500 e. The van der Waals surface area contributed by atoms with E-state index in [1.54, 1.807) is 40.3 Å². The summed E-state index contributed by atoms with van der Waals surface area (Å²) in [5.74, 6) is 0. The first-order valence-electron chi connectivity index (χ1n) is 10.2. The zero-order valence-corrected chi connectivity index (χ0v) is 20.4. The van der Waals surface area contributed by atoms with Crippen molar-refractivity contribution in [3.8, 4) is 0 Å². The monoisotopic (exact) mass is 439 g/mol. The molecule has 0 rings (SSSR count). The van der Waals surface area contributed by atoms with Crippen molar-refractivity contribution >= 4 is 14.9 Å². The Labute approximate surface area is 177 Å². The fourth-order valence-electron chi connectivity index (χ4n) is 2.79. The van der Waals surface area contributed by atoms with Gasteiger partial charge in [0.25, 0.3) is 0 Å². The minimum absolute atomic E-state index is 0.116. The number of nitrogens with zero attached hydrogens (tertiary/aromatic N) is 1. The van der Waals surface area contributed by atoms with Gasteiger partial charge in [-0.25, -0.2) is 4.79 Å². The number of carbonyl (C=O) groups is 1. The molecule has 0 saturated heterocycles. The molecule has 29 heavy (non-hydrogen) atoms. The summed E-state index contributed by atoms with van der Waals surface area (Å²) in [5.41, 5.74) is 0. The minimum atomic E-state index is -2.67. The van der Waals surface area contributed by atoms with E-state index in [1.165, 1.54) is 0 Å². The van der Waals surface area contributed by atoms with E-state index in [4.69, 9.17) is 32.2 Å². The second-order valence-corrected chi connectivity index (χ2v) is 9.80. The van der Waals surface area contributed by atoms with E-state index < -0.39 is 8.80 Å². The molecule has 0 aromatic carbocycles. The van der Waals surface area contributed by atoms with Crippen LogP contribution in [0.3, 0.4) is 0 Å². The first kappa shape index (κ1) is 28.2. The Bertz CT molecular complexity index is 413. The summed E-state index contributed by atoms with van der Waals surface area (Å²) in [6, 6.07) is 0.599. The van der Waals surface area contributed by atoms with Crippen molar-refractivity contribution in [1.29, 1.82) is 0 Å². The number of rotatable bonds is 17. The molecular formula is C19H41NO8Si. The number of amides is 1. The van der Waals surface area contributed by atoms with E-state index in [0.717, 1.165) is 6.42 Å². The first-order chi connectivity index (χ1) is 13.8. The summed E-state index contributed by atoms with van der Waals surface area (Å²) in [7, 11) is 3.68. The van der Waals surface area contributed by atoms with Gasteiger partial charge in [0.1, 0.15) is 0 Å². The first-order valence-corrected chi connectivity index (χ1v) is 12.1. The average Bonchev–Trinajstić information content (AvgIpc) is 2.73. The van der Waals surface area contributed by atoms with Crippen LogP contribution in [0.15, 0.2) is 0 Å². The Morgan fingerprint density at radius 1 is 1.00 bits per heavy atom. The van der Waals surface area contributed by atoms with Crippen LogP contribution in [0.4, 0.5) is 4.79 Å². The Morgan fingerprint density at radius 3 is 2.10 bits per heavy atom. The van der Waals surface area contributed by atoms with Crippen LogP contribution in [0.5, 0.6) is 0 Å². The third kappa shape index (κ3) is 11.3. The van der Waals surface area contributed by atoms with Crippen molar-refractivity contribution in [2.24, 2.45) is 0 Å². The van der Waals surface area contributed by atoms with Crippen molar-refractivity contribution in [2.75, 3.05) is 54.7 Å². The topological polar surface area (TPSA) is 84.9 Å². The number of ether oxygens (including phenoxy) is 4. The standard InChI is InChI=1S/C19H41NO8Si/c1-9-18(22-5)28-17(4)15-27-16(3)14-20(19(21)26-10-2)12-11-13-29(23-6,24-7)25-8/h16-18H,9-15H2,1-8H3. The van der Waals surface area contributed by atoms with Crippen molar-refractivity contribution < 1.29 is 37.0 Å². The lowest BCUT2D eigenvalue weighted by Gasteiger charge is -2.28. The summed E-state index contributed by atoms with van der Waals surface area (Å²) >= 11 is 0. The lowest BCUT2D eigenvalue weighted by atomic mass is 10.3. The van der Waals surface area contributed by atoms with Crippen molar-refractivity contribution in [3.63, 3.8) is 0 Å². The van der Waals surface area contributed by atoms with Gasteiger partial charge in [0.2, 0.25) is 0 Å². The van der Waals surface area contributed by atoms with Crippen LogP contribution < -0.4 is 0 Å². The highest BCUT2D eigenvalue weighted by Crippen LogP contribution is 2.16. The summed E-state index contributed by atoms with van der Waals surface area (Å²) in [4.78, 5) is 14.0. The molecule has 0 bridgehead atoms. The predicted octanol–water partition coefficient (Wildman–Crippen LogP) is 2.91. The van der Waals surface area contributed by atoms with Crippen LogP contribution in [0.2, 0.25) is 6.04 Å². The molecule has 0 spiro atoms. The molecule has 0 saturated carbocycles. The molecule has 0 aromatic heterocycles. The highest BCUT2D eigenvalue weighted by molar-refractivity contribution is 6.60. The van der Waals surface area contributed by atoms with Gasteiger partial charge in [-0.1, -0.05) is 6.92 Å². The maximum atomic E-state index is 12.3. The van der Waals surface area contributed by atoms with Crippen LogP contribution >= 0.6 is 0 Å². The molecule has 0 aliphatic carbocycles. The van der Waals surface area contributed by atoms with Crippen LogP contribution in [0.25, 0.3) is 0 Å². The molecule has 10 heteroatoms. The van der Waals surface area contributed by atoms with Crippen molar-refractivity contribution in [1.82, 2.24) is 4.90 Å². The molecule has 9 nitrogen and oxygen atoms in total. The minimum Gasteiger partial charge on any atom is -0.450 e. The molecule has 0 radical (unpaired) electrons. The van der Waals surface area contributed by atoms with Gasteiger partial charge in [-0.05, 0) is 33.6 Å². The molecule has 0 aliphatic rings. The Hall–Kier alpha value is -0.753. The second-order valence-electron chi connectivity index (χ2n) is 6.71. The number of carbonyl (C=O) groups excluding carboxylic acids is 1. The molecule has 0 heterocycles. The summed E-state index contributed by atoms with van der Waals surface area (Å²) in [6.07, 6.45) is 0.530. The normalized spacial score (nSPS) is 15.0. The molecule has 0 N–H and O–H groups in total. The van der Waals surface area contributed by atoms with Gasteiger partial charge in [-0.15, -0.1) is 0 Å². The molecule has 0 aromatic rings. The van der Waals surface area contributed by atoms with Gasteiger partial charge >= 0.3 is 14.9 Å². The Balaban J connectivity index is 4.63. The highest BCUT2D eigenvalue weighted by Gasteiger charge is 2.37. The van der Waals surface area contributed by atoms with Crippen LogP contribution in [0.1, 0.15) is 40.5 Å². The van der Waals surface area contributed by atoms with Crippen LogP contribution in [-0.2, 0) is 32.2 Å². The lowest BCUT2D eigenvalue weighted by molar-refractivity contribution is -0.168. The predicted molar refractivity (Wildman–Crippen MR) is 112 cm³/mol. The smallest absolute Gasteiger partial charge is 0.450 e. The lowest BCUT2D eigenvalue weighted by Crippen LogP contribution is -2.44. The van der Waals surface area contributed by atoms with Crippen LogP contribution in [0, 0.1) is 0 Å². The van der Waals surface area contributed by atoms with Crippen LogP contribution in [-0.4, -0.2) is 93.0 Å². The fraction of sp³-hybridized carbons (Fsp3) is 0.947. The second kappa shape index (κ2) is 16.0. The number of hydrogen-bond donors (Lipinski definition) is 0. The molecule has 3 atom stereocenters.